The third-order valence-corrected chi connectivity index (χ3v) is 7.32. The lowest BCUT2D eigenvalue weighted by Crippen LogP contribution is -2.38. The maximum Gasteiger partial charge on any atom is 0.283 e. The molecule has 2 aliphatic rings. The SMILES string of the molecule is COc1ccc(OCCOc2c(Br)cc(/C=C3/C(=N)N4C(c5ccccc5)=CSC4=NC3=O)cc2OC)cc1. The van der Waals surface area contributed by atoms with Gasteiger partial charge >= 0.3 is 0 Å². The van der Waals surface area contributed by atoms with Crippen LogP contribution in [0.5, 0.6) is 23.0 Å². The number of carbonyl (C=O) groups is 1. The zero-order valence-electron chi connectivity index (χ0n) is 21.1. The summed E-state index contributed by atoms with van der Waals surface area (Å²) in [6.07, 6.45) is 1.64. The lowest BCUT2D eigenvalue weighted by Gasteiger charge is -2.27. The van der Waals surface area contributed by atoms with Crippen molar-refractivity contribution in [3.05, 3.63) is 93.3 Å². The van der Waals surface area contributed by atoms with Gasteiger partial charge in [-0.05, 0) is 69.5 Å². The van der Waals surface area contributed by atoms with Gasteiger partial charge in [0.1, 0.15) is 30.5 Å². The number of aliphatic imine (C=N–C) groups is 1. The molecule has 0 saturated heterocycles. The van der Waals surface area contributed by atoms with Crippen molar-refractivity contribution in [2.75, 3.05) is 27.4 Å². The Kier molecular flexibility index (Phi) is 8.04. The number of benzene rings is 3. The topological polar surface area (TPSA) is 93.4 Å². The van der Waals surface area contributed by atoms with Gasteiger partial charge in [0.15, 0.2) is 16.7 Å². The summed E-state index contributed by atoms with van der Waals surface area (Å²) in [5, 5.41) is 11.2. The first-order valence-corrected chi connectivity index (χ1v) is 13.6. The van der Waals surface area contributed by atoms with Gasteiger partial charge in [0, 0.05) is 5.41 Å². The number of methoxy groups -OCH3 is 2. The molecule has 0 atom stereocenters. The Morgan fingerprint density at radius 3 is 2.41 bits per heavy atom. The van der Waals surface area contributed by atoms with E-state index in [2.05, 4.69) is 20.9 Å². The molecule has 2 heterocycles. The number of fused-ring (bicyclic) bond motifs is 1. The van der Waals surface area contributed by atoms with Gasteiger partial charge in [0.25, 0.3) is 5.91 Å². The predicted octanol–water partition coefficient (Wildman–Crippen LogP) is 6.23. The molecule has 39 heavy (non-hydrogen) atoms. The molecule has 0 radical (unpaired) electrons. The molecule has 1 amide bonds. The van der Waals surface area contributed by atoms with E-state index in [1.54, 1.807) is 31.3 Å². The quantitative estimate of drug-likeness (QED) is 0.228. The van der Waals surface area contributed by atoms with E-state index in [1.165, 1.54) is 11.8 Å². The van der Waals surface area contributed by atoms with E-state index in [9.17, 15) is 4.79 Å². The molecule has 5 rings (SSSR count). The number of amides is 1. The van der Waals surface area contributed by atoms with Crippen LogP contribution in [0.25, 0.3) is 11.8 Å². The van der Waals surface area contributed by atoms with Gasteiger partial charge in [-0.25, -0.2) is 0 Å². The first-order valence-electron chi connectivity index (χ1n) is 11.9. The lowest BCUT2D eigenvalue weighted by atomic mass is 10.1. The number of hydrogen-bond donors (Lipinski definition) is 1. The van der Waals surface area contributed by atoms with Crippen LogP contribution in [0.2, 0.25) is 0 Å². The molecule has 0 unspecified atom stereocenters. The maximum absolute atomic E-state index is 12.9. The summed E-state index contributed by atoms with van der Waals surface area (Å²) < 4.78 is 23.0. The average molecular weight is 606 g/mol. The van der Waals surface area contributed by atoms with Crippen molar-refractivity contribution in [3.8, 4) is 23.0 Å². The van der Waals surface area contributed by atoms with Crippen LogP contribution in [0, 0.1) is 5.41 Å². The van der Waals surface area contributed by atoms with E-state index >= 15 is 0 Å². The third-order valence-electron chi connectivity index (χ3n) is 5.90. The summed E-state index contributed by atoms with van der Waals surface area (Å²) in [6, 6.07) is 20.6. The number of carbonyl (C=O) groups excluding carboxylic acids is 1. The third kappa shape index (κ3) is 5.71. The minimum Gasteiger partial charge on any atom is -0.497 e. The van der Waals surface area contributed by atoms with Crippen LogP contribution in [0.15, 0.2) is 87.2 Å². The molecular formula is C29H24BrN3O5S. The van der Waals surface area contributed by atoms with Crippen molar-refractivity contribution >= 4 is 56.4 Å². The van der Waals surface area contributed by atoms with Crippen LogP contribution in [-0.2, 0) is 4.79 Å². The average Bonchev–Trinajstić information content (AvgIpc) is 3.38. The fraction of sp³-hybridized carbons (Fsp3) is 0.138. The Labute approximate surface area is 238 Å². The Balaban J connectivity index is 1.32. The summed E-state index contributed by atoms with van der Waals surface area (Å²) in [5.74, 6) is 2.05. The highest BCUT2D eigenvalue weighted by atomic mass is 79.9. The number of amidine groups is 2. The Bertz CT molecular complexity index is 1500. The minimum absolute atomic E-state index is 0.0659. The van der Waals surface area contributed by atoms with Gasteiger partial charge in [-0.15, -0.1) is 0 Å². The van der Waals surface area contributed by atoms with Gasteiger partial charge in [0.05, 0.1) is 30.0 Å². The van der Waals surface area contributed by atoms with E-state index in [-0.39, 0.29) is 18.0 Å². The summed E-state index contributed by atoms with van der Waals surface area (Å²) >= 11 is 4.88. The Morgan fingerprint density at radius 2 is 1.69 bits per heavy atom. The minimum atomic E-state index is -0.465. The number of halogens is 1. The fourth-order valence-corrected chi connectivity index (χ4v) is 5.48. The summed E-state index contributed by atoms with van der Waals surface area (Å²) in [7, 11) is 3.16. The van der Waals surface area contributed by atoms with Crippen molar-refractivity contribution in [1.82, 2.24) is 4.90 Å². The smallest absolute Gasteiger partial charge is 0.283 e. The van der Waals surface area contributed by atoms with Crippen molar-refractivity contribution < 1.29 is 23.7 Å². The van der Waals surface area contributed by atoms with E-state index in [4.69, 9.17) is 24.4 Å². The largest absolute Gasteiger partial charge is 0.497 e. The Morgan fingerprint density at radius 1 is 0.974 bits per heavy atom. The van der Waals surface area contributed by atoms with Crippen molar-refractivity contribution in [1.29, 1.82) is 5.41 Å². The summed E-state index contributed by atoms with van der Waals surface area (Å²) in [6.45, 7) is 0.605. The molecule has 1 N–H and O–H groups in total. The molecule has 10 heteroatoms. The predicted molar refractivity (Wildman–Crippen MR) is 157 cm³/mol. The second-order valence-corrected chi connectivity index (χ2v) is 10.0. The van der Waals surface area contributed by atoms with Crippen molar-refractivity contribution in [2.24, 2.45) is 4.99 Å². The number of nitrogens with zero attached hydrogens (tertiary/aromatic N) is 2. The Hall–Kier alpha value is -4.02. The second kappa shape index (κ2) is 11.8. The molecule has 8 nitrogen and oxygen atoms in total. The first-order chi connectivity index (χ1) is 19.0. The molecule has 3 aromatic carbocycles. The zero-order valence-corrected chi connectivity index (χ0v) is 23.5. The number of hydrogen-bond acceptors (Lipinski definition) is 7. The normalized spacial score (nSPS) is 15.6. The lowest BCUT2D eigenvalue weighted by molar-refractivity contribution is -0.114. The molecule has 0 fully saturated rings. The molecule has 0 spiro atoms. The van der Waals surface area contributed by atoms with Gasteiger partial charge in [-0.2, -0.15) is 4.99 Å². The molecular weight excluding hydrogens is 582 g/mol. The van der Waals surface area contributed by atoms with Gasteiger partial charge in [0.2, 0.25) is 0 Å². The number of rotatable bonds is 9. The number of nitrogens with one attached hydrogen (secondary N) is 1. The molecule has 3 aromatic rings. The standard InChI is InChI=1S/C29H24BrN3O5S/c1-35-20-8-10-21(11-9-20)37-12-13-38-26-23(30)15-18(16-25(26)36-2)14-22-27(31)33-24(19-6-4-3-5-7-19)17-39-29(33)32-28(22)34/h3-11,14-17,31H,12-13H2,1-2H3/b22-14-,31-27?. The molecule has 0 aliphatic carbocycles. The molecule has 0 aromatic heterocycles. The van der Waals surface area contributed by atoms with Crippen LogP contribution < -0.4 is 18.9 Å². The van der Waals surface area contributed by atoms with Crippen molar-refractivity contribution in [3.63, 3.8) is 0 Å². The van der Waals surface area contributed by atoms with E-state index in [1.807, 2.05) is 66.1 Å². The monoisotopic (exact) mass is 605 g/mol. The summed E-state index contributed by atoms with van der Waals surface area (Å²) in [4.78, 5) is 18.8. The molecule has 2 aliphatic heterocycles. The van der Waals surface area contributed by atoms with E-state index < -0.39 is 5.91 Å². The second-order valence-electron chi connectivity index (χ2n) is 8.34. The highest BCUT2D eigenvalue weighted by molar-refractivity contribution is 9.10. The van der Waals surface area contributed by atoms with Crippen LogP contribution in [-0.4, -0.2) is 49.2 Å². The molecule has 0 saturated carbocycles. The van der Waals surface area contributed by atoms with Gasteiger partial charge < -0.3 is 18.9 Å². The summed E-state index contributed by atoms with van der Waals surface area (Å²) in [5.41, 5.74) is 2.58. The maximum atomic E-state index is 12.9. The number of ether oxygens (including phenoxy) is 4. The van der Waals surface area contributed by atoms with Crippen molar-refractivity contribution in [2.45, 2.75) is 0 Å². The van der Waals surface area contributed by atoms with E-state index in [0.717, 1.165) is 17.0 Å². The fourth-order valence-electron chi connectivity index (χ4n) is 4.02. The first kappa shape index (κ1) is 26.6. The van der Waals surface area contributed by atoms with E-state index in [0.29, 0.717) is 39.1 Å². The van der Waals surface area contributed by atoms with Crippen LogP contribution in [0.4, 0.5) is 0 Å². The van der Waals surface area contributed by atoms with Gasteiger partial charge in [-0.3, -0.25) is 15.1 Å². The molecule has 0 bridgehead atoms. The van der Waals surface area contributed by atoms with Crippen LogP contribution in [0.1, 0.15) is 11.1 Å². The van der Waals surface area contributed by atoms with Gasteiger partial charge in [-0.1, -0.05) is 42.1 Å². The highest BCUT2D eigenvalue weighted by Gasteiger charge is 2.36. The van der Waals surface area contributed by atoms with Crippen LogP contribution >= 0.6 is 27.7 Å². The highest BCUT2D eigenvalue weighted by Crippen LogP contribution is 2.39. The zero-order chi connectivity index (χ0) is 27.4. The van der Waals surface area contributed by atoms with Crippen LogP contribution in [0.3, 0.4) is 0 Å². The molecule has 198 valence electrons. The number of thioether (sulfide) groups is 1.